The molecule has 0 heterocycles. The molecule has 0 unspecified atom stereocenters. The van der Waals surface area contributed by atoms with E-state index >= 15 is 0 Å². The monoisotopic (exact) mass is 156 g/mol. The predicted octanol–water partition coefficient (Wildman–Crippen LogP) is 3.05. The van der Waals surface area contributed by atoms with E-state index in [9.17, 15) is 8.78 Å². The molecule has 0 saturated heterocycles. The fraction of sp³-hybridized carbons (Fsp3) is 1.00. The predicted molar refractivity (Wildman–Crippen MR) is 35.2 cm³/mol. The molecule has 0 nitrogen and oxygen atoms in total. The summed E-state index contributed by atoms with van der Waals surface area (Å²) in [5.74, 6) is -3.19. The number of unbranched alkanes of at least 4 members (excludes halogenated alkanes) is 1. The zero-order valence-electron chi connectivity index (χ0n) is 5.46. The van der Waals surface area contributed by atoms with Crippen LogP contribution in [0.5, 0.6) is 0 Å². The van der Waals surface area contributed by atoms with Gasteiger partial charge in [0.2, 0.25) is 0 Å². The maximum atomic E-state index is 12.2. The standard InChI is InChI=1S/C6H11ClF2/c1-2-3-4-6(8,9)5-7/h2-5H2,1H3. The lowest BCUT2D eigenvalue weighted by Gasteiger charge is -2.10. The van der Waals surface area contributed by atoms with Gasteiger partial charge in [-0.2, -0.15) is 0 Å². The molecule has 0 aromatic carbocycles. The van der Waals surface area contributed by atoms with E-state index in [1.54, 1.807) is 0 Å². The summed E-state index contributed by atoms with van der Waals surface area (Å²) in [6.07, 6.45) is 1.28. The van der Waals surface area contributed by atoms with Crippen LogP contribution in [0.1, 0.15) is 26.2 Å². The maximum absolute atomic E-state index is 12.2. The van der Waals surface area contributed by atoms with Gasteiger partial charge in [-0.3, -0.25) is 0 Å². The van der Waals surface area contributed by atoms with E-state index in [0.717, 1.165) is 6.42 Å². The quantitative estimate of drug-likeness (QED) is 0.549. The number of halogens is 3. The van der Waals surface area contributed by atoms with Gasteiger partial charge in [0.1, 0.15) is 0 Å². The van der Waals surface area contributed by atoms with Crippen LogP contribution < -0.4 is 0 Å². The average molecular weight is 157 g/mol. The second-order valence-electron chi connectivity index (χ2n) is 2.09. The lowest BCUT2D eigenvalue weighted by atomic mass is 10.2. The Morgan fingerprint density at radius 2 is 2.00 bits per heavy atom. The molecule has 0 spiro atoms. The van der Waals surface area contributed by atoms with Crippen molar-refractivity contribution >= 4 is 11.6 Å². The van der Waals surface area contributed by atoms with Crippen molar-refractivity contribution < 1.29 is 8.78 Å². The Morgan fingerprint density at radius 3 is 2.33 bits per heavy atom. The summed E-state index contributed by atoms with van der Waals surface area (Å²) in [7, 11) is 0. The Balaban J connectivity index is 3.33. The highest BCUT2D eigenvalue weighted by Crippen LogP contribution is 2.22. The average Bonchev–Trinajstić information content (AvgIpc) is 1.84. The molecule has 0 radical (unpaired) electrons. The first-order chi connectivity index (χ1) is 4.12. The fourth-order valence-electron chi connectivity index (χ4n) is 0.502. The first-order valence-corrected chi connectivity index (χ1v) is 3.59. The van der Waals surface area contributed by atoms with Gasteiger partial charge >= 0.3 is 0 Å². The van der Waals surface area contributed by atoms with Crippen molar-refractivity contribution in [2.45, 2.75) is 32.1 Å². The van der Waals surface area contributed by atoms with E-state index in [1.807, 2.05) is 6.92 Å². The lowest BCUT2D eigenvalue weighted by Crippen LogP contribution is -2.17. The largest absolute Gasteiger partial charge is 0.261 e. The molecule has 0 bridgehead atoms. The van der Waals surface area contributed by atoms with Crippen LogP contribution in [0.2, 0.25) is 0 Å². The molecule has 0 aromatic rings. The molecule has 0 N–H and O–H groups in total. The van der Waals surface area contributed by atoms with Gasteiger partial charge in [0.05, 0.1) is 5.88 Å². The first-order valence-electron chi connectivity index (χ1n) is 3.06. The summed E-state index contributed by atoms with van der Waals surface area (Å²) in [5.41, 5.74) is 0. The molecule has 56 valence electrons. The molecule has 0 aromatic heterocycles. The summed E-state index contributed by atoms with van der Waals surface area (Å²) in [4.78, 5) is 0. The van der Waals surface area contributed by atoms with Gasteiger partial charge in [0.15, 0.2) is 0 Å². The maximum Gasteiger partial charge on any atom is 0.261 e. The van der Waals surface area contributed by atoms with Gasteiger partial charge in [0.25, 0.3) is 5.92 Å². The van der Waals surface area contributed by atoms with Crippen LogP contribution >= 0.6 is 11.6 Å². The number of hydrogen-bond donors (Lipinski definition) is 0. The first kappa shape index (κ1) is 9.15. The molecule has 0 fully saturated rings. The summed E-state index contributed by atoms with van der Waals surface area (Å²) in [6.45, 7) is 1.88. The van der Waals surface area contributed by atoms with E-state index in [-0.39, 0.29) is 6.42 Å². The molecule has 0 atom stereocenters. The summed E-state index contributed by atoms with van der Waals surface area (Å²) in [5, 5.41) is 0. The highest BCUT2D eigenvalue weighted by atomic mass is 35.5. The van der Waals surface area contributed by atoms with Crippen molar-refractivity contribution in [1.29, 1.82) is 0 Å². The van der Waals surface area contributed by atoms with E-state index in [4.69, 9.17) is 11.6 Å². The third-order valence-corrected chi connectivity index (χ3v) is 1.48. The van der Waals surface area contributed by atoms with Crippen LogP contribution in [0.4, 0.5) is 8.78 Å². The Hall–Kier alpha value is 0.150. The molecule has 0 aliphatic carbocycles. The smallest absolute Gasteiger partial charge is 0.206 e. The molecule has 0 saturated carbocycles. The van der Waals surface area contributed by atoms with E-state index in [1.165, 1.54) is 0 Å². The summed E-state index contributed by atoms with van der Waals surface area (Å²) in [6, 6.07) is 0. The van der Waals surface area contributed by atoms with Gasteiger partial charge in [-0.15, -0.1) is 11.6 Å². The minimum Gasteiger partial charge on any atom is -0.206 e. The SMILES string of the molecule is CCCCC(F)(F)CCl. The Bertz CT molecular complexity index is 73.5. The highest BCUT2D eigenvalue weighted by Gasteiger charge is 2.25. The molecule has 0 aliphatic heterocycles. The highest BCUT2D eigenvalue weighted by molar-refractivity contribution is 6.18. The van der Waals surface area contributed by atoms with Crippen LogP contribution in [0, 0.1) is 0 Å². The molecule has 0 rings (SSSR count). The molecular formula is C6H11ClF2. The number of rotatable bonds is 4. The number of hydrogen-bond acceptors (Lipinski definition) is 0. The Morgan fingerprint density at radius 1 is 1.44 bits per heavy atom. The van der Waals surface area contributed by atoms with Crippen molar-refractivity contribution in [2.75, 3.05) is 5.88 Å². The summed E-state index contributed by atoms with van der Waals surface area (Å²) >= 11 is 4.98. The van der Waals surface area contributed by atoms with Gasteiger partial charge in [0, 0.05) is 6.42 Å². The second kappa shape index (κ2) is 4.04. The fourth-order valence-corrected chi connectivity index (χ4v) is 0.636. The molecule has 0 aliphatic rings. The van der Waals surface area contributed by atoms with Crippen LogP contribution in [0.25, 0.3) is 0 Å². The van der Waals surface area contributed by atoms with Gasteiger partial charge in [-0.05, 0) is 6.42 Å². The van der Waals surface area contributed by atoms with Crippen LogP contribution in [-0.4, -0.2) is 11.8 Å². The summed E-state index contributed by atoms with van der Waals surface area (Å²) < 4.78 is 24.4. The second-order valence-corrected chi connectivity index (χ2v) is 2.36. The molecule has 0 amide bonds. The van der Waals surface area contributed by atoms with Gasteiger partial charge < -0.3 is 0 Å². The normalized spacial score (nSPS) is 12.0. The van der Waals surface area contributed by atoms with Crippen molar-refractivity contribution in [2.24, 2.45) is 0 Å². The van der Waals surface area contributed by atoms with E-state index in [0.29, 0.717) is 6.42 Å². The third kappa shape index (κ3) is 4.64. The van der Waals surface area contributed by atoms with Crippen molar-refractivity contribution in [3.63, 3.8) is 0 Å². The Labute approximate surface area is 59.2 Å². The zero-order valence-corrected chi connectivity index (χ0v) is 6.22. The topological polar surface area (TPSA) is 0 Å². The zero-order chi connectivity index (χ0) is 7.33. The molecular weight excluding hydrogens is 146 g/mol. The van der Waals surface area contributed by atoms with Crippen LogP contribution in [-0.2, 0) is 0 Å². The molecule has 9 heavy (non-hydrogen) atoms. The minimum absolute atomic E-state index is 0.0764. The third-order valence-electron chi connectivity index (χ3n) is 1.09. The lowest BCUT2D eigenvalue weighted by molar-refractivity contribution is 0.0147. The van der Waals surface area contributed by atoms with Gasteiger partial charge in [-0.1, -0.05) is 13.3 Å². The number of alkyl halides is 3. The van der Waals surface area contributed by atoms with Crippen LogP contribution in [0.15, 0.2) is 0 Å². The Kier molecular flexibility index (Phi) is 4.11. The minimum atomic E-state index is -2.64. The van der Waals surface area contributed by atoms with E-state index in [2.05, 4.69) is 0 Å². The molecule has 3 heteroatoms. The van der Waals surface area contributed by atoms with Crippen LogP contribution in [0.3, 0.4) is 0 Å². The van der Waals surface area contributed by atoms with E-state index < -0.39 is 11.8 Å². The van der Waals surface area contributed by atoms with Crippen molar-refractivity contribution in [3.8, 4) is 0 Å². The van der Waals surface area contributed by atoms with Crippen molar-refractivity contribution in [1.82, 2.24) is 0 Å². The van der Waals surface area contributed by atoms with Crippen molar-refractivity contribution in [3.05, 3.63) is 0 Å². The van der Waals surface area contributed by atoms with Gasteiger partial charge in [-0.25, -0.2) is 8.78 Å².